The second-order valence-corrected chi connectivity index (χ2v) is 5.90. The summed E-state index contributed by atoms with van der Waals surface area (Å²) in [6.45, 7) is 9.67. The zero-order chi connectivity index (χ0) is 14.8. The molecule has 2 aromatic heterocycles. The first-order chi connectivity index (χ1) is 10.2. The first-order valence-corrected chi connectivity index (χ1v) is 7.84. The van der Waals surface area contributed by atoms with Gasteiger partial charge < -0.3 is 10.2 Å². The third kappa shape index (κ3) is 2.85. The Balaban J connectivity index is 1.75. The van der Waals surface area contributed by atoms with Gasteiger partial charge in [0, 0.05) is 30.9 Å². The fraction of sp³-hybridized carbons (Fsp3) is 0.667. The zero-order valence-electron chi connectivity index (χ0n) is 13.1. The molecule has 0 bridgehead atoms. The van der Waals surface area contributed by atoms with Gasteiger partial charge in [-0.3, -0.25) is 0 Å². The first-order valence-electron chi connectivity index (χ1n) is 7.84. The summed E-state index contributed by atoms with van der Waals surface area (Å²) in [5, 5.41) is 7.86. The number of aryl methyl sites for hydroxylation is 1. The van der Waals surface area contributed by atoms with Crippen LogP contribution in [0.2, 0.25) is 0 Å². The average Bonchev–Trinajstić information content (AvgIpc) is 2.95. The summed E-state index contributed by atoms with van der Waals surface area (Å²) in [6.07, 6.45) is 4.00. The number of hydrogen-bond acceptors (Lipinski definition) is 5. The highest BCUT2D eigenvalue weighted by molar-refractivity contribution is 5.47. The lowest BCUT2D eigenvalue weighted by molar-refractivity contribution is 0.313. The van der Waals surface area contributed by atoms with Crippen LogP contribution in [-0.2, 0) is 0 Å². The molecule has 21 heavy (non-hydrogen) atoms. The van der Waals surface area contributed by atoms with E-state index in [0.29, 0.717) is 11.8 Å². The van der Waals surface area contributed by atoms with Crippen LogP contribution in [-0.4, -0.2) is 45.3 Å². The van der Waals surface area contributed by atoms with E-state index in [1.54, 1.807) is 6.33 Å². The van der Waals surface area contributed by atoms with Crippen molar-refractivity contribution in [2.24, 2.45) is 5.92 Å². The minimum absolute atomic E-state index is 0.600. The van der Waals surface area contributed by atoms with Crippen molar-refractivity contribution in [1.82, 2.24) is 24.9 Å². The molecular weight excluding hydrogens is 264 g/mol. The van der Waals surface area contributed by atoms with Crippen LogP contribution in [0.4, 0.5) is 5.82 Å². The molecule has 6 nitrogen and oxygen atoms in total. The van der Waals surface area contributed by atoms with Crippen molar-refractivity contribution in [3.05, 3.63) is 18.1 Å². The van der Waals surface area contributed by atoms with E-state index in [9.17, 15) is 0 Å². The molecule has 0 amide bonds. The highest BCUT2D eigenvalue weighted by Crippen LogP contribution is 2.25. The number of nitrogens with one attached hydrogen (secondary N) is 1. The van der Waals surface area contributed by atoms with E-state index in [1.807, 2.05) is 11.4 Å². The predicted molar refractivity (Wildman–Crippen MR) is 83.6 cm³/mol. The number of nitrogens with zero attached hydrogens (tertiary/aromatic N) is 5. The Morgan fingerprint density at radius 1 is 1.38 bits per heavy atom. The minimum Gasteiger partial charge on any atom is -0.356 e. The zero-order valence-corrected chi connectivity index (χ0v) is 13.1. The summed E-state index contributed by atoms with van der Waals surface area (Å²) in [7, 11) is 0. The maximum absolute atomic E-state index is 4.41. The van der Waals surface area contributed by atoms with Crippen LogP contribution in [0, 0.1) is 12.8 Å². The fourth-order valence-electron chi connectivity index (χ4n) is 3.25. The number of piperidine rings is 1. The molecule has 1 aliphatic rings. The van der Waals surface area contributed by atoms with Crippen molar-refractivity contribution in [2.75, 3.05) is 24.5 Å². The number of fused-ring (bicyclic) bond motifs is 1. The smallest absolute Gasteiger partial charge is 0.254 e. The number of rotatable bonds is 4. The number of aromatic nitrogens is 4. The number of hydrogen-bond donors (Lipinski definition) is 1. The molecule has 1 aliphatic heterocycles. The molecule has 1 fully saturated rings. The Morgan fingerprint density at radius 2 is 2.14 bits per heavy atom. The van der Waals surface area contributed by atoms with Gasteiger partial charge in [0.15, 0.2) is 0 Å². The summed E-state index contributed by atoms with van der Waals surface area (Å²) in [5.41, 5.74) is 0.994. The summed E-state index contributed by atoms with van der Waals surface area (Å²) >= 11 is 0. The molecule has 1 atom stereocenters. The standard InChI is InChI=1S/C15H24N6/c1-4-16-12(3)13-5-7-20(8-6-13)14-9-11(2)19-15-17-10-18-21(14)15/h9-10,12-13,16H,4-8H2,1-3H3. The third-order valence-corrected chi connectivity index (χ3v) is 4.46. The molecule has 3 rings (SSSR count). The first kappa shape index (κ1) is 14.3. The molecule has 0 radical (unpaired) electrons. The van der Waals surface area contributed by atoms with Gasteiger partial charge in [-0.15, -0.1) is 0 Å². The lowest BCUT2D eigenvalue weighted by Gasteiger charge is -2.36. The van der Waals surface area contributed by atoms with Crippen LogP contribution in [0.3, 0.4) is 0 Å². The average molecular weight is 288 g/mol. The van der Waals surface area contributed by atoms with Crippen LogP contribution in [0.1, 0.15) is 32.4 Å². The van der Waals surface area contributed by atoms with Crippen LogP contribution in [0.5, 0.6) is 0 Å². The molecule has 0 aromatic carbocycles. The summed E-state index contributed by atoms with van der Waals surface area (Å²) in [4.78, 5) is 11.0. The molecule has 1 unspecified atom stereocenters. The predicted octanol–water partition coefficient (Wildman–Crippen LogP) is 1.65. The normalized spacial score (nSPS) is 18.3. The maximum atomic E-state index is 4.41. The molecule has 6 heteroatoms. The van der Waals surface area contributed by atoms with Crippen molar-refractivity contribution in [2.45, 2.75) is 39.7 Å². The van der Waals surface area contributed by atoms with Crippen LogP contribution < -0.4 is 10.2 Å². The molecule has 1 N–H and O–H groups in total. The van der Waals surface area contributed by atoms with Gasteiger partial charge in [0.1, 0.15) is 12.1 Å². The lowest BCUT2D eigenvalue weighted by atomic mass is 9.90. The molecule has 0 saturated carbocycles. The highest BCUT2D eigenvalue weighted by Gasteiger charge is 2.25. The fourth-order valence-corrected chi connectivity index (χ4v) is 3.25. The van der Waals surface area contributed by atoms with Gasteiger partial charge in [-0.2, -0.15) is 14.6 Å². The van der Waals surface area contributed by atoms with Gasteiger partial charge in [0.05, 0.1) is 0 Å². The van der Waals surface area contributed by atoms with Gasteiger partial charge in [0.25, 0.3) is 5.78 Å². The van der Waals surface area contributed by atoms with E-state index in [-0.39, 0.29) is 0 Å². The van der Waals surface area contributed by atoms with Gasteiger partial charge in [-0.05, 0) is 39.2 Å². The van der Waals surface area contributed by atoms with Gasteiger partial charge in [-0.1, -0.05) is 6.92 Å². The number of anilines is 1. The van der Waals surface area contributed by atoms with Crippen molar-refractivity contribution in [3.63, 3.8) is 0 Å². The van der Waals surface area contributed by atoms with Crippen LogP contribution in [0.25, 0.3) is 5.78 Å². The largest absolute Gasteiger partial charge is 0.356 e. The lowest BCUT2D eigenvalue weighted by Crippen LogP contribution is -2.42. The van der Waals surface area contributed by atoms with E-state index in [2.05, 4.69) is 45.2 Å². The van der Waals surface area contributed by atoms with Gasteiger partial charge >= 0.3 is 0 Å². The maximum Gasteiger partial charge on any atom is 0.254 e. The van der Waals surface area contributed by atoms with Gasteiger partial charge in [-0.25, -0.2) is 4.98 Å². The van der Waals surface area contributed by atoms with Gasteiger partial charge in [0.2, 0.25) is 0 Å². The topological polar surface area (TPSA) is 58.3 Å². The Morgan fingerprint density at radius 3 is 2.86 bits per heavy atom. The molecule has 0 aliphatic carbocycles. The van der Waals surface area contributed by atoms with Crippen molar-refractivity contribution in [1.29, 1.82) is 0 Å². The summed E-state index contributed by atoms with van der Waals surface area (Å²) in [5.74, 6) is 2.56. The van der Waals surface area contributed by atoms with Crippen LogP contribution >= 0.6 is 0 Å². The molecule has 1 saturated heterocycles. The van der Waals surface area contributed by atoms with E-state index in [4.69, 9.17) is 0 Å². The Bertz CT molecular complexity index is 599. The van der Waals surface area contributed by atoms with E-state index >= 15 is 0 Å². The monoisotopic (exact) mass is 288 g/mol. The molecular formula is C15H24N6. The Hall–Kier alpha value is -1.69. The minimum atomic E-state index is 0.600. The van der Waals surface area contributed by atoms with E-state index in [0.717, 1.165) is 37.1 Å². The third-order valence-electron chi connectivity index (χ3n) is 4.46. The molecule has 114 valence electrons. The Kier molecular flexibility index (Phi) is 4.05. The van der Waals surface area contributed by atoms with Crippen molar-refractivity contribution in [3.8, 4) is 0 Å². The SMILES string of the molecule is CCNC(C)C1CCN(c2cc(C)nc3ncnn23)CC1. The molecule has 0 spiro atoms. The second kappa shape index (κ2) is 5.97. The second-order valence-electron chi connectivity index (χ2n) is 5.90. The summed E-state index contributed by atoms with van der Waals surface area (Å²) in [6, 6.07) is 2.71. The molecule has 2 aromatic rings. The van der Waals surface area contributed by atoms with Crippen molar-refractivity contribution >= 4 is 11.6 Å². The highest BCUT2D eigenvalue weighted by atomic mass is 15.4. The quantitative estimate of drug-likeness (QED) is 0.927. The van der Waals surface area contributed by atoms with Crippen LogP contribution in [0.15, 0.2) is 12.4 Å². The Labute approximate surface area is 125 Å². The molecule has 3 heterocycles. The van der Waals surface area contributed by atoms with Crippen molar-refractivity contribution < 1.29 is 0 Å². The van der Waals surface area contributed by atoms with E-state index < -0.39 is 0 Å². The summed E-state index contributed by atoms with van der Waals surface area (Å²) < 4.78 is 1.85. The van der Waals surface area contributed by atoms with E-state index in [1.165, 1.54) is 12.8 Å².